The fourth-order valence-corrected chi connectivity index (χ4v) is 4.72. The lowest BCUT2D eigenvalue weighted by atomic mass is 9.54. The van der Waals surface area contributed by atoms with Gasteiger partial charge in [0.2, 0.25) is 0 Å². The predicted octanol–water partition coefficient (Wildman–Crippen LogP) is 3.86. The van der Waals surface area contributed by atoms with Gasteiger partial charge >= 0.3 is 0 Å². The van der Waals surface area contributed by atoms with Gasteiger partial charge in [-0.05, 0) is 61.0 Å². The molecule has 1 saturated carbocycles. The zero-order valence-electron chi connectivity index (χ0n) is 12.5. The van der Waals surface area contributed by atoms with Crippen LogP contribution >= 0.6 is 0 Å². The summed E-state index contributed by atoms with van der Waals surface area (Å²) >= 11 is 0. The predicted molar refractivity (Wildman–Crippen MR) is 79.2 cm³/mol. The van der Waals surface area contributed by atoms with Crippen LogP contribution in [0.25, 0.3) is 0 Å². The molecule has 0 aromatic carbocycles. The van der Waals surface area contributed by atoms with Gasteiger partial charge in [-0.3, -0.25) is 9.59 Å². The third-order valence-electron chi connectivity index (χ3n) is 5.84. The summed E-state index contributed by atoms with van der Waals surface area (Å²) in [6, 6.07) is 0. The molecule has 3 aliphatic carbocycles. The van der Waals surface area contributed by atoms with Crippen LogP contribution in [0.3, 0.4) is 0 Å². The number of allylic oxidation sites excluding steroid dienone is 4. The van der Waals surface area contributed by atoms with Gasteiger partial charge in [-0.2, -0.15) is 0 Å². The number of hydrogen-bond acceptors (Lipinski definition) is 2. The van der Waals surface area contributed by atoms with Crippen molar-refractivity contribution < 1.29 is 9.59 Å². The molecule has 0 aliphatic heterocycles. The van der Waals surface area contributed by atoms with Crippen molar-refractivity contribution in [1.82, 2.24) is 0 Å². The molecular formula is C18H24O2. The van der Waals surface area contributed by atoms with Crippen LogP contribution < -0.4 is 0 Å². The molecule has 2 nitrogen and oxygen atoms in total. The van der Waals surface area contributed by atoms with Gasteiger partial charge in [0.25, 0.3) is 0 Å². The molecule has 0 aromatic rings. The number of rotatable bonds is 1. The topological polar surface area (TPSA) is 34.1 Å². The molecule has 0 spiro atoms. The quantitative estimate of drug-likeness (QED) is 0.726. The molecule has 0 N–H and O–H groups in total. The average molecular weight is 272 g/mol. The van der Waals surface area contributed by atoms with Crippen molar-refractivity contribution >= 4 is 11.6 Å². The fourth-order valence-electron chi connectivity index (χ4n) is 4.72. The lowest BCUT2D eigenvalue weighted by molar-refractivity contribution is -0.117. The van der Waals surface area contributed by atoms with Crippen LogP contribution in [0.2, 0.25) is 0 Å². The molecule has 0 bridgehead atoms. The zero-order chi connectivity index (χ0) is 14.3. The zero-order valence-corrected chi connectivity index (χ0v) is 12.5. The molecule has 3 aliphatic rings. The van der Waals surface area contributed by atoms with Crippen LogP contribution in [0.15, 0.2) is 23.8 Å². The van der Waals surface area contributed by atoms with E-state index < -0.39 is 0 Å². The first-order valence-corrected chi connectivity index (χ1v) is 7.93. The summed E-state index contributed by atoms with van der Waals surface area (Å²) in [7, 11) is 0. The van der Waals surface area contributed by atoms with E-state index in [9.17, 15) is 9.59 Å². The minimum Gasteiger partial charge on any atom is -0.295 e. The SMILES string of the molecule is CC1(C)[C@@H]([C@H]2C=CC(=O)CC2)CCC2=CC(=O)CC[C@@H]21. The van der Waals surface area contributed by atoms with Crippen molar-refractivity contribution in [2.75, 3.05) is 0 Å². The van der Waals surface area contributed by atoms with Crippen molar-refractivity contribution in [3.05, 3.63) is 23.8 Å². The molecule has 0 heterocycles. The smallest absolute Gasteiger partial charge is 0.155 e. The van der Waals surface area contributed by atoms with Crippen molar-refractivity contribution in [2.45, 2.75) is 52.4 Å². The third kappa shape index (κ3) is 2.30. The standard InChI is InChI=1S/C18H24O2/c1-18(2)16(12-3-6-14(19)7-4-12)9-5-13-11-15(20)8-10-17(13)18/h3,6,11-12,16-17H,4-5,7-10H2,1-2H3/t12-,16+,17-/m0/s1. The van der Waals surface area contributed by atoms with Gasteiger partial charge < -0.3 is 0 Å². The van der Waals surface area contributed by atoms with E-state index in [0.29, 0.717) is 36.4 Å². The molecule has 2 heteroatoms. The Hall–Kier alpha value is -1.18. The summed E-state index contributed by atoms with van der Waals surface area (Å²) in [5.74, 6) is 2.33. The normalized spacial score (nSPS) is 36.5. The largest absolute Gasteiger partial charge is 0.295 e. The van der Waals surface area contributed by atoms with Gasteiger partial charge in [-0.25, -0.2) is 0 Å². The fraction of sp³-hybridized carbons (Fsp3) is 0.667. The summed E-state index contributed by atoms with van der Waals surface area (Å²) in [5, 5.41) is 0. The minimum absolute atomic E-state index is 0.236. The van der Waals surface area contributed by atoms with Gasteiger partial charge in [-0.1, -0.05) is 25.5 Å². The Balaban J connectivity index is 1.85. The van der Waals surface area contributed by atoms with Crippen molar-refractivity contribution in [2.24, 2.45) is 23.2 Å². The summed E-state index contributed by atoms with van der Waals surface area (Å²) in [6.45, 7) is 4.74. The second kappa shape index (κ2) is 4.98. The molecule has 20 heavy (non-hydrogen) atoms. The molecule has 0 saturated heterocycles. The van der Waals surface area contributed by atoms with Gasteiger partial charge in [0.15, 0.2) is 11.6 Å². The van der Waals surface area contributed by atoms with Crippen molar-refractivity contribution in [1.29, 1.82) is 0 Å². The lowest BCUT2D eigenvalue weighted by Crippen LogP contribution is -2.43. The molecular weight excluding hydrogens is 248 g/mol. The Kier molecular flexibility index (Phi) is 3.43. The molecule has 0 amide bonds. The molecule has 108 valence electrons. The van der Waals surface area contributed by atoms with Gasteiger partial charge in [0.1, 0.15) is 0 Å². The van der Waals surface area contributed by atoms with Crippen LogP contribution in [0.1, 0.15) is 52.4 Å². The van der Waals surface area contributed by atoms with Crippen molar-refractivity contribution in [3.63, 3.8) is 0 Å². The number of fused-ring (bicyclic) bond motifs is 1. The first-order valence-electron chi connectivity index (χ1n) is 7.93. The number of carbonyl (C=O) groups is 2. The molecule has 0 aromatic heterocycles. The van der Waals surface area contributed by atoms with Gasteiger partial charge in [-0.15, -0.1) is 0 Å². The molecule has 3 atom stereocenters. The molecule has 1 fully saturated rings. The van der Waals surface area contributed by atoms with E-state index in [1.807, 2.05) is 6.08 Å². The highest BCUT2D eigenvalue weighted by Crippen LogP contribution is 2.54. The Bertz CT molecular complexity index is 496. The first-order chi connectivity index (χ1) is 9.48. The summed E-state index contributed by atoms with van der Waals surface area (Å²) < 4.78 is 0. The van der Waals surface area contributed by atoms with E-state index in [4.69, 9.17) is 0 Å². The maximum atomic E-state index is 11.6. The Morgan fingerprint density at radius 3 is 2.45 bits per heavy atom. The lowest BCUT2D eigenvalue weighted by Gasteiger charge is -2.50. The maximum Gasteiger partial charge on any atom is 0.155 e. The number of carbonyl (C=O) groups excluding carboxylic acids is 2. The Labute approximate surface area is 121 Å². The van der Waals surface area contributed by atoms with E-state index in [-0.39, 0.29) is 11.2 Å². The minimum atomic E-state index is 0.236. The van der Waals surface area contributed by atoms with Crippen LogP contribution in [0, 0.1) is 23.2 Å². The van der Waals surface area contributed by atoms with Crippen LogP contribution in [0.4, 0.5) is 0 Å². The highest BCUT2D eigenvalue weighted by molar-refractivity contribution is 5.91. The second-order valence-corrected chi connectivity index (χ2v) is 7.27. The van der Waals surface area contributed by atoms with Crippen molar-refractivity contribution in [3.8, 4) is 0 Å². The number of ketones is 2. The third-order valence-corrected chi connectivity index (χ3v) is 5.84. The van der Waals surface area contributed by atoms with Gasteiger partial charge in [0, 0.05) is 12.8 Å². The Morgan fingerprint density at radius 1 is 1.00 bits per heavy atom. The summed E-state index contributed by atoms with van der Waals surface area (Å²) in [6.07, 6.45) is 11.5. The Morgan fingerprint density at radius 2 is 1.75 bits per heavy atom. The van der Waals surface area contributed by atoms with Gasteiger partial charge in [0.05, 0.1) is 0 Å². The molecule has 3 rings (SSSR count). The number of hydrogen-bond donors (Lipinski definition) is 0. The van der Waals surface area contributed by atoms with E-state index in [2.05, 4.69) is 19.9 Å². The molecule has 0 radical (unpaired) electrons. The monoisotopic (exact) mass is 272 g/mol. The highest BCUT2D eigenvalue weighted by atomic mass is 16.1. The van der Waals surface area contributed by atoms with E-state index in [1.165, 1.54) is 5.57 Å². The first kappa shape index (κ1) is 13.8. The van der Waals surface area contributed by atoms with E-state index >= 15 is 0 Å². The highest BCUT2D eigenvalue weighted by Gasteiger charge is 2.46. The second-order valence-electron chi connectivity index (χ2n) is 7.27. The summed E-state index contributed by atoms with van der Waals surface area (Å²) in [4.78, 5) is 23.0. The van der Waals surface area contributed by atoms with E-state index in [1.54, 1.807) is 6.08 Å². The van der Waals surface area contributed by atoms with Crippen LogP contribution in [-0.2, 0) is 9.59 Å². The maximum absolute atomic E-state index is 11.6. The average Bonchev–Trinajstić information content (AvgIpc) is 2.40. The van der Waals surface area contributed by atoms with E-state index in [0.717, 1.165) is 25.7 Å². The molecule has 0 unspecified atom stereocenters. The van der Waals surface area contributed by atoms with Crippen LogP contribution in [0.5, 0.6) is 0 Å². The summed E-state index contributed by atoms with van der Waals surface area (Å²) in [5.41, 5.74) is 1.62. The van der Waals surface area contributed by atoms with Crippen LogP contribution in [-0.4, -0.2) is 11.6 Å².